The van der Waals surface area contributed by atoms with E-state index in [1.54, 1.807) is 0 Å². The fraction of sp³-hybridized carbons (Fsp3) is 0.423. The highest BCUT2D eigenvalue weighted by Gasteiger charge is 2.45. The van der Waals surface area contributed by atoms with Crippen LogP contribution >= 0.6 is 0 Å². The molecule has 1 N–H and O–H groups in total. The van der Waals surface area contributed by atoms with Crippen molar-refractivity contribution < 1.29 is 9.53 Å². The Hall–Kier alpha value is -3.15. The number of nitrogens with one attached hydrogen (secondary N) is 1. The third-order valence-corrected chi connectivity index (χ3v) is 6.54. The Kier molecular flexibility index (Phi) is 5.24. The van der Waals surface area contributed by atoms with Crippen molar-refractivity contribution in [3.8, 4) is 11.3 Å². The second-order valence-electron chi connectivity index (χ2n) is 9.98. The maximum absolute atomic E-state index is 12.0. The number of fused-ring (bicyclic) bond motifs is 3. The van der Waals surface area contributed by atoms with Crippen LogP contribution in [0, 0.1) is 11.8 Å². The second-order valence-corrected chi connectivity index (χ2v) is 9.98. The van der Waals surface area contributed by atoms with Crippen LogP contribution < -0.4 is 10.2 Å². The summed E-state index contributed by atoms with van der Waals surface area (Å²) in [6.07, 6.45) is 3.71. The Morgan fingerprint density at radius 2 is 1.94 bits per heavy atom. The van der Waals surface area contributed by atoms with Crippen molar-refractivity contribution in [3.05, 3.63) is 54.7 Å². The van der Waals surface area contributed by atoms with Crippen LogP contribution in [-0.2, 0) is 4.74 Å². The first-order valence-electron chi connectivity index (χ1n) is 11.4. The van der Waals surface area contributed by atoms with Gasteiger partial charge in [0.25, 0.3) is 0 Å². The average Bonchev–Trinajstić information content (AvgIpc) is 3.37. The zero-order valence-corrected chi connectivity index (χ0v) is 18.9. The van der Waals surface area contributed by atoms with E-state index in [9.17, 15) is 4.79 Å². The summed E-state index contributed by atoms with van der Waals surface area (Å²) < 4.78 is 5.37. The average molecular weight is 431 g/mol. The van der Waals surface area contributed by atoms with E-state index in [4.69, 9.17) is 9.72 Å². The van der Waals surface area contributed by atoms with Gasteiger partial charge in [-0.3, -0.25) is 0 Å². The summed E-state index contributed by atoms with van der Waals surface area (Å²) in [5, 5.41) is 5.40. The molecule has 1 saturated heterocycles. The van der Waals surface area contributed by atoms with Crippen molar-refractivity contribution in [3.63, 3.8) is 0 Å². The number of alkyl carbamates (subject to hydrolysis) is 1. The summed E-state index contributed by atoms with van der Waals surface area (Å²) in [4.78, 5) is 23.9. The highest BCUT2D eigenvalue weighted by Crippen LogP contribution is 2.43. The number of rotatable bonds is 4. The molecule has 1 aromatic heterocycles. The molecular formula is C26H30N4O2. The first-order valence-corrected chi connectivity index (χ1v) is 11.4. The number of hydrogen-bond donors (Lipinski definition) is 1. The lowest BCUT2D eigenvalue weighted by atomic mass is 9.94. The summed E-state index contributed by atoms with van der Waals surface area (Å²) >= 11 is 0. The zero-order chi connectivity index (χ0) is 22.3. The number of ether oxygens (including phenoxy) is 1. The Balaban J connectivity index is 1.25. The van der Waals surface area contributed by atoms with Gasteiger partial charge in [0.05, 0.1) is 5.69 Å². The minimum atomic E-state index is -0.469. The number of piperidine rings is 1. The SMILES string of the molecule is CC(C)(C)OC(=O)NC[C@H]1C[C@@H]2C[C@H]1CN2c1nccc(-c2ccc3ccccc3c2)n1. The molecule has 6 heteroatoms. The zero-order valence-electron chi connectivity index (χ0n) is 18.9. The van der Waals surface area contributed by atoms with Crippen LogP contribution in [-0.4, -0.2) is 40.8 Å². The van der Waals surface area contributed by atoms with Crippen LogP contribution in [0.5, 0.6) is 0 Å². The van der Waals surface area contributed by atoms with E-state index in [0.29, 0.717) is 24.4 Å². The van der Waals surface area contributed by atoms with E-state index in [1.807, 2.05) is 33.0 Å². The Morgan fingerprint density at radius 1 is 1.12 bits per heavy atom. The molecule has 1 saturated carbocycles. The van der Waals surface area contributed by atoms with Gasteiger partial charge in [0.2, 0.25) is 5.95 Å². The Morgan fingerprint density at radius 3 is 2.69 bits per heavy atom. The largest absolute Gasteiger partial charge is 0.444 e. The smallest absolute Gasteiger partial charge is 0.407 e. The molecule has 1 amide bonds. The van der Waals surface area contributed by atoms with Crippen LogP contribution in [0.15, 0.2) is 54.7 Å². The standard InChI is InChI=1S/C26H30N4O2/c1-26(2,3)32-25(31)28-15-20-13-22-14-21(20)16-30(22)24-27-11-10-23(29-24)19-9-8-17-6-4-5-7-18(17)12-19/h4-12,20-22H,13-16H2,1-3H3,(H,28,31)/t20-,21+,22-/m1/s1. The van der Waals surface area contributed by atoms with Crippen LogP contribution in [0.3, 0.4) is 0 Å². The molecule has 1 aliphatic carbocycles. The topological polar surface area (TPSA) is 67.3 Å². The molecule has 32 heavy (non-hydrogen) atoms. The number of aromatic nitrogens is 2. The number of benzene rings is 2. The predicted molar refractivity (Wildman–Crippen MR) is 127 cm³/mol. The lowest BCUT2D eigenvalue weighted by Crippen LogP contribution is -2.41. The maximum Gasteiger partial charge on any atom is 0.407 e. The molecule has 3 atom stereocenters. The van der Waals surface area contributed by atoms with E-state index < -0.39 is 5.60 Å². The van der Waals surface area contributed by atoms with Gasteiger partial charge in [-0.2, -0.15) is 0 Å². The monoisotopic (exact) mass is 430 g/mol. The van der Waals surface area contributed by atoms with Gasteiger partial charge in [0.15, 0.2) is 0 Å². The van der Waals surface area contributed by atoms with Crippen molar-refractivity contribution in [2.45, 2.75) is 45.3 Å². The molecule has 5 rings (SSSR count). The predicted octanol–water partition coefficient (Wildman–Crippen LogP) is 5.04. The summed E-state index contributed by atoms with van der Waals surface area (Å²) in [6.45, 7) is 7.25. The van der Waals surface area contributed by atoms with Crippen molar-refractivity contribution in [2.24, 2.45) is 11.8 Å². The molecule has 0 spiro atoms. The van der Waals surface area contributed by atoms with Crippen LogP contribution in [0.4, 0.5) is 10.7 Å². The van der Waals surface area contributed by atoms with Crippen LogP contribution in [0.2, 0.25) is 0 Å². The quantitative estimate of drug-likeness (QED) is 0.628. The summed E-state index contributed by atoms with van der Waals surface area (Å²) in [5.41, 5.74) is 1.59. The van der Waals surface area contributed by atoms with E-state index in [-0.39, 0.29) is 6.09 Å². The molecule has 0 radical (unpaired) electrons. The lowest BCUT2D eigenvalue weighted by Gasteiger charge is -2.32. The van der Waals surface area contributed by atoms with Crippen LogP contribution in [0.25, 0.3) is 22.0 Å². The normalized spacial score (nSPS) is 22.3. The van der Waals surface area contributed by atoms with Crippen molar-refractivity contribution in [2.75, 3.05) is 18.0 Å². The van der Waals surface area contributed by atoms with Gasteiger partial charge in [-0.25, -0.2) is 14.8 Å². The fourth-order valence-corrected chi connectivity index (χ4v) is 5.08. The van der Waals surface area contributed by atoms with E-state index in [0.717, 1.165) is 36.6 Å². The molecule has 2 aliphatic rings. The lowest BCUT2D eigenvalue weighted by molar-refractivity contribution is 0.0515. The molecule has 0 unspecified atom stereocenters. The fourth-order valence-electron chi connectivity index (χ4n) is 5.08. The molecule has 6 nitrogen and oxygen atoms in total. The van der Waals surface area contributed by atoms with Crippen molar-refractivity contribution >= 4 is 22.8 Å². The van der Waals surface area contributed by atoms with Gasteiger partial charge >= 0.3 is 6.09 Å². The van der Waals surface area contributed by atoms with Gasteiger partial charge in [-0.05, 0) is 68.4 Å². The highest BCUT2D eigenvalue weighted by molar-refractivity contribution is 5.86. The summed E-state index contributed by atoms with van der Waals surface area (Å²) in [5.74, 6) is 1.83. The third kappa shape index (κ3) is 4.27. The van der Waals surface area contributed by atoms with Gasteiger partial charge < -0.3 is 15.0 Å². The summed E-state index contributed by atoms with van der Waals surface area (Å²) in [6, 6.07) is 17.2. The number of hydrogen-bond acceptors (Lipinski definition) is 5. The van der Waals surface area contributed by atoms with E-state index in [2.05, 4.69) is 57.7 Å². The van der Waals surface area contributed by atoms with Crippen molar-refractivity contribution in [1.82, 2.24) is 15.3 Å². The highest BCUT2D eigenvalue weighted by atomic mass is 16.6. The van der Waals surface area contributed by atoms with Gasteiger partial charge in [0.1, 0.15) is 5.60 Å². The Labute approximate surface area is 189 Å². The van der Waals surface area contributed by atoms with Crippen LogP contribution in [0.1, 0.15) is 33.6 Å². The number of nitrogens with zero attached hydrogens (tertiary/aromatic N) is 3. The molecule has 2 bridgehead atoms. The van der Waals surface area contributed by atoms with Crippen molar-refractivity contribution in [1.29, 1.82) is 0 Å². The van der Waals surface area contributed by atoms with Gasteiger partial charge in [-0.15, -0.1) is 0 Å². The third-order valence-electron chi connectivity index (χ3n) is 6.54. The number of carbonyl (C=O) groups is 1. The van der Waals surface area contributed by atoms with E-state index in [1.165, 1.54) is 10.8 Å². The number of amides is 1. The first kappa shape index (κ1) is 20.7. The van der Waals surface area contributed by atoms with Gasteiger partial charge in [0, 0.05) is 30.9 Å². The minimum absolute atomic E-state index is 0.330. The molecule has 2 heterocycles. The van der Waals surface area contributed by atoms with E-state index >= 15 is 0 Å². The molecule has 3 aromatic rings. The second kappa shape index (κ2) is 8.08. The molecule has 166 valence electrons. The number of carbonyl (C=O) groups excluding carboxylic acids is 1. The molecule has 2 fully saturated rings. The Bertz CT molecular complexity index is 1140. The van der Waals surface area contributed by atoms with Gasteiger partial charge in [-0.1, -0.05) is 36.4 Å². The first-order chi connectivity index (χ1) is 15.4. The molecular weight excluding hydrogens is 400 g/mol. The minimum Gasteiger partial charge on any atom is -0.444 e. The molecule has 1 aliphatic heterocycles. The maximum atomic E-state index is 12.0. The molecule has 2 aromatic carbocycles. The summed E-state index contributed by atoms with van der Waals surface area (Å²) in [7, 11) is 0. The number of anilines is 1.